The summed E-state index contributed by atoms with van der Waals surface area (Å²) in [5, 5.41) is 0. The van der Waals surface area contributed by atoms with Gasteiger partial charge in [0.25, 0.3) is 0 Å². The average Bonchev–Trinajstić information content (AvgIpc) is 1.60. The molecule has 1 nitrogen and oxygen atoms in total. The molecule has 0 amide bonds. The number of alkyl halides is 2. The lowest BCUT2D eigenvalue weighted by molar-refractivity contribution is 0.581. The van der Waals surface area contributed by atoms with Crippen LogP contribution in [0.2, 0.25) is 26.2 Å². The third kappa shape index (κ3) is 4.68. The first-order valence-electron chi connectivity index (χ1n) is 3.13. The van der Waals surface area contributed by atoms with Gasteiger partial charge in [0, 0.05) is 0 Å². The van der Waals surface area contributed by atoms with Gasteiger partial charge in [-0.3, -0.25) is 0 Å². The molecule has 0 N–H and O–H groups in total. The molecule has 61 valence electrons. The summed E-state index contributed by atoms with van der Waals surface area (Å²) in [7, 11) is -1.81. The summed E-state index contributed by atoms with van der Waals surface area (Å²) >= 11 is 4.92. The zero-order chi connectivity index (χ0) is 8.36. The molecule has 0 aliphatic rings. The Morgan fingerprint density at radius 3 is 1.80 bits per heavy atom. The van der Waals surface area contributed by atoms with Gasteiger partial charge >= 0.3 is 0 Å². The van der Waals surface area contributed by atoms with E-state index in [0.717, 1.165) is 0 Å². The third-order valence-electron chi connectivity index (χ3n) is 0.993. The molecule has 0 aliphatic heterocycles. The maximum Gasteiger partial charge on any atom is 0.196 e. The summed E-state index contributed by atoms with van der Waals surface area (Å²) in [6.45, 7) is 8.98. The third-order valence-corrected chi connectivity index (χ3v) is 14.8. The second-order valence-corrected chi connectivity index (χ2v) is 16.6. The van der Waals surface area contributed by atoms with Crippen LogP contribution in [0.3, 0.4) is 0 Å². The number of hydrogen-bond donors (Lipinski definition) is 0. The minimum Gasteiger partial charge on any atom is -0.455 e. The molecule has 0 aromatic rings. The minimum atomic E-state index is -1.33. The van der Waals surface area contributed by atoms with E-state index in [9.17, 15) is 0 Å². The second-order valence-electron chi connectivity index (χ2n) is 2.91. The van der Waals surface area contributed by atoms with Crippen LogP contribution in [-0.4, -0.2) is 18.9 Å². The molecule has 0 spiro atoms. The van der Waals surface area contributed by atoms with Crippen molar-refractivity contribution >= 4 is 62.5 Å². The summed E-state index contributed by atoms with van der Waals surface area (Å²) in [6, 6.07) is 0. The van der Waals surface area contributed by atoms with Crippen molar-refractivity contribution in [2.75, 3.05) is 0 Å². The number of rotatable bonds is 3. The van der Waals surface area contributed by atoms with Crippen molar-refractivity contribution in [1.82, 2.24) is 0 Å². The molecule has 0 rings (SSSR count). The molecule has 0 aliphatic carbocycles. The lowest BCUT2D eigenvalue weighted by Gasteiger charge is -2.26. The van der Waals surface area contributed by atoms with Crippen molar-refractivity contribution in [2.24, 2.45) is 0 Å². The highest BCUT2D eigenvalue weighted by Crippen LogP contribution is 2.24. The van der Waals surface area contributed by atoms with Gasteiger partial charge in [0.15, 0.2) is 17.4 Å². The predicted octanol–water partition coefficient (Wildman–Crippen LogP) is 3.19. The highest BCUT2D eigenvalue weighted by atomic mass is 127. The quantitative estimate of drug-likeness (QED) is 0.403. The van der Waals surface area contributed by atoms with Crippen molar-refractivity contribution in [3.63, 3.8) is 0 Å². The van der Waals surface area contributed by atoms with Gasteiger partial charge in [-0.05, 0) is 26.2 Å². The van der Waals surface area contributed by atoms with Crippen LogP contribution in [0.25, 0.3) is 0 Å². The highest BCUT2D eigenvalue weighted by molar-refractivity contribution is 14.2. The summed E-state index contributed by atoms with van der Waals surface area (Å²) in [5.41, 5.74) is 0. The first-order valence-corrected chi connectivity index (χ1v) is 11.0. The van der Waals surface area contributed by atoms with E-state index >= 15 is 0 Å². The van der Waals surface area contributed by atoms with E-state index in [1.54, 1.807) is 0 Å². The van der Waals surface area contributed by atoms with E-state index in [-0.39, 0.29) is 0 Å². The van der Waals surface area contributed by atoms with Crippen LogP contribution in [0.4, 0.5) is 0 Å². The van der Waals surface area contributed by atoms with Gasteiger partial charge in [-0.15, -0.1) is 0 Å². The molecule has 0 aromatic carbocycles. The van der Waals surface area contributed by atoms with Gasteiger partial charge in [-0.2, -0.15) is 0 Å². The Balaban J connectivity index is 3.87. The Morgan fingerprint density at radius 2 is 1.70 bits per heavy atom. The van der Waals surface area contributed by atoms with Gasteiger partial charge in [0.2, 0.25) is 0 Å². The summed E-state index contributed by atoms with van der Waals surface area (Å²) in [4.78, 5) is 0. The van der Waals surface area contributed by atoms with Gasteiger partial charge in [-0.1, -0.05) is 45.2 Å². The Hall–Kier alpha value is 1.85. The van der Waals surface area contributed by atoms with Crippen LogP contribution in [0.5, 0.6) is 0 Å². The number of halogens is 2. The van der Waals surface area contributed by atoms with Crippen LogP contribution in [0.15, 0.2) is 0 Å². The highest BCUT2D eigenvalue weighted by Gasteiger charge is 2.30. The van der Waals surface area contributed by atoms with E-state index in [0.29, 0.717) is 1.55 Å². The molecular formula is C5H13I2OSi2. The average molecular weight is 399 g/mol. The first-order chi connectivity index (χ1) is 4.36. The van der Waals surface area contributed by atoms with Gasteiger partial charge in [0.1, 0.15) is 0 Å². The van der Waals surface area contributed by atoms with E-state index in [4.69, 9.17) is 4.12 Å². The van der Waals surface area contributed by atoms with Gasteiger partial charge in [0.05, 0.1) is 1.55 Å². The molecule has 0 fully saturated rings. The Morgan fingerprint density at radius 1 is 1.30 bits per heavy atom. The first kappa shape index (κ1) is 11.9. The van der Waals surface area contributed by atoms with E-state index in [1.807, 2.05) is 0 Å². The molecule has 1 radical (unpaired) electrons. The van der Waals surface area contributed by atoms with Crippen molar-refractivity contribution < 1.29 is 4.12 Å². The Labute approximate surface area is 93.4 Å². The summed E-state index contributed by atoms with van der Waals surface area (Å²) in [6.07, 6.45) is 0. The summed E-state index contributed by atoms with van der Waals surface area (Å²) < 4.78 is 6.61. The molecule has 0 bridgehead atoms. The number of hydrogen-bond acceptors (Lipinski definition) is 1. The SMILES string of the molecule is C[Si](C)O[Si](C)(C)C(I)I. The van der Waals surface area contributed by atoms with E-state index in [2.05, 4.69) is 71.4 Å². The molecule has 0 saturated carbocycles. The van der Waals surface area contributed by atoms with Crippen molar-refractivity contribution in [3.8, 4) is 0 Å². The molecule has 10 heavy (non-hydrogen) atoms. The minimum absolute atomic E-state index is 0.484. The normalized spacial score (nSPS) is 13.2. The van der Waals surface area contributed by atoms with E-state index in [1.165, 1.54) is 0 Å². The maximum atomic E-state index is 5.92. The molecule has 0 unspecified atom stereocenters. The van der Waals surface area contributed by atoms with Crippen molar-refractivity contribution in [3.05, 3.63) is 0 Å². The van der Waals surface area contributed by atoms with Crippen LogP contribution in [0, 0.1) is 0 Å². The molecular weight excluding hydrogens is 386 g/mol. The Bertz CT molecular complexity index is 106. The fraction of sp³-hybridized carbons (Fsp3) is 1.00. The second kappa shape index (κ2) is 4.78. The van der Waals surface area contributed by atoms with Gasteiger partial charge < -0.3 is 4.12 Å². The van der Waals surface area contributed by atoms with Gasteiger partial charge in [-0.25, -0.2) is 0 Å². The zero-order valence-corrected chi connectivity index (χ0v) is 13.1. The summed E-state index contributed by atoms with van der Waals surface area (Å²) in [5.74, 6) is 0. The zero-order valence-electron chi connectivity index (χ0n) is 6.74. The lowest BCUT2D eigenvalue weighted by Crippen LogP contribution is -2.41. The fourth-order valence-corrected chi connectivity index (χ4v) is 7.42. The Kier molecular flexibility index (Phi) is 5.66. The van der Waals surface area contributed by atoms with Crippen molar-refractivity contribution in [1.29, 1.82) is 0 Å². The van der Waals surface area contributed by atoms with E-state index < -0.39 is 17.4 Å². The molecule has 0 heterocycles. The van der Waals surface area contributed by atoms with Crippen LogP contribution in [0.1, 0.15) is 0 Å². The van der Waals surface area contributed by atoms with Crippen molar-refractivity contribution in [2.45, 2.75) is 27.7 Å². The predicted molar refractivity (Wildman–Crippen MR) is 67.9 cm³/mol. The molecule has 0 atom stereocenters. The standard InChI is InChI=1S/C5H13I2OSi2/c1-9(2)8-10(3,4)5(6)7/h5H,1-4H3. The van der Waals surface area contributed by atoms with Crippen LogP contribution in [-0.2, 0) is 4.12 Å². The molecule has 5 heteroatoms. The molecule has 0 saturated heterocycles. The molecule has 0 aromatic heterocycles. The van der Waals surface area contributed by atoms with Crippen LogP contribution < -0.4 is 0 Å². The monoisotopic (exact) mass is 399 g/mol. The largest absolute Gasteiger partial charge is 0.455 e. The lowest BCUT2D eigenvalue weighted by atomic mass is 11.8. The smallest absolute Gasteiger partial charge is 0.196 e. The van der Waals surface area contributed by atoms with Crippen LogP contribution >= 0.6 is 45.2 Å². The maximum absolute atomic E-state index is 5.92. The fourth-order valence-electron chi connectivity index (χ4n) is 0.571. The topological polar surface area (TPSA) is 9.23 Å².